The molecule has 8 nitrogen and oxygen atoms in total. The summed E-state index contributed by atoms with van der Waals surface area (Å²) in [7, 11) is 0. The van der Waals surface area contributed by atoms with Crippen LogP contribution in [-0.4, -0.2) is 21.0 Å². The lowest BCUT2D eigenvalue weighted by Gasteiger charge is -2.07. The van der Waals surface area contributed by atoms with Gasteiger partial charge in [-0.2, -0.15) is 4.98 Å². The Hall–Kier alpha value is -2.64. The first-order valence-electron chi connectivity index (χ1n) is 5.15. The molecule has 0 radical (unpaired) electrons. The van der Waals surface area contributed by atoms with Crippen molar-refractivity contribution in [3.05, 3.63) is 29.5 Å². The van der Waals surface area contributed by atoms with Gasteiger partial charge in [0.2, 0.25) is 5.89 Å². The molecule has 0 spiro atoms. The molecule has 0 saturated heterocycles. The van der Waals surface area contributed by atoms with Gasteiger partial charge in [-0.25, -0.2) is 4.98 Å². The van der Waals surface area contributed by atoms with Crippen LogP contribution in [0.3, 0.4) is 0 Å². The Morgan fingerprint density at radius 3 is 2.83 bits per heavy atom. The molecular formula is C10H12N6O2. The third-order valence-electron chi connectivity index (χ3n) is 2.16. The van der Waals surface area contributed by atoms with E-state index in [4.69, 9.17) is 16.0 Å². The number of hydrogen-bond acceptors (Lipinski definition) is 7. The summed E-state index contributed by atoms with van der Waals surface area (Å²) in [6.45, 7) is 1.98. The zero-order valence-corrected chi connectivity index (χ0v) is 9.67. The Morgan fingerprint density at radius 2 is 2.22 bits per heavy atom. The van der Waals surface area contributed by atoms with Gasteiger partial charge in [0.05, 0.1) is 12.2 Å². The summed E-state index contributed by atoms with van der Waals surface area (Å²) in [4.78, 5) is 19.0. The number of carbonyl (C=O) groups excluding carboxylic acids is 1. The number of nitrogen functional groups attached to an aromatic ring is 1. The summed E-state index contributed by atoms with van der Waals surface area (Å²) in [6.07, 6.45) is 0. The van der Waals surface area contributed by atoms with E-state index in [0.717, 1.165) is 0 Å². The predicted octanol–water partition coefficient (Wildman–Crippen LogP) is 0.0662. The number of anilines is 2. The van der Waals surface area contributed by atoms with Crippen LogP contribution in [0.1, 0.15) is 22.2 Å². The van der Waals surface area contributed by atoms with E-state index >= 15 is 0 Å². The summed E-state index contributed by atoms with van der Waals surface area (Å²) >= 11 is 0. The fourth-order valence-electron chi connectivity index (χ4n) is 1.32. The Balaban J connectivity index is 2.13. The maximum atomic E-state index is 11.0. The normalized spacial score (nSPS) is 10.3. The molecule has 0 aliphatic rings. The van der Waals surface area contributed by atoms with Crippen molar-refractivity contribution in [2.75, 3.05) is 11.1 Å². The van der Waals surface area contributed by atoms with Gasteiger partial charge in [0.1, 0.15) is 5.69 Å². The molecule has 1 amide bonds. The predicted molar refractivity (Wildman–Crippen MR) is 63.5 cm³/mol. The highest BCUT2D eigenvalue weighted by Crippen LogP contribution is 2.16. The molecule has 0 aliphatic carbocycles. The van der Waals surface area contributed by atoms with Gasteiger partial charge >= 0.3 is 0 Å². The van der Waals surface area contributed by atoms with Crippen LogP contribution in [0.4, 0.5) is 11.5 Å². The topological polar surface area (TPSA) is 133 Å². The maximum absolute atomic E-state index is 11.0. The number of nitrogens with zero attached hydrogens (tertiary/aromatic N) is 3. The minimum absolute atomic E-state index is 0.135. The van der Waals surface area contributed by atoms with Crippen LogP contribution in [0.25, 0.3) is 0 Å². The van der Waals surface area contributed by atoms with Gasteiger partial charge in [0.15, 0.2) is 11.6 Å². The number of hydrogen-bond donors (Lipinski definition) is 3. The van der Waals surface area contributed by atoms with Gasteiger partial charge in [0, 0.05) is 6.92 Å². The van der Waals surface area contributed by atoms with Crippen LogP contribution in [0.5, 0.6) is 0 Å². The zero-order chi connectivity index (χ0) is 13.1. The van der Waals surface area contributed by atoms with Crippen LogP contribution < -0.4 is 16.8 Å². The first kappa shape index (κ1) is 11.8. The third kappa shape index (κ3) is 2.54. The standard InChI is InChI=1S/C10H12N6O2/c1-5-14-8(16-18-5)4-13-10-6(11)2-3-7(15-10)9(12)17/h2-3H,4,11H2,1H3,(H2,12,17)(H,13,15). The molecule has 0 saturated carbocycles. The van der Waals surface area contributed by atoms with E-state index in [0.29, 0.717) is 23.2 Å². The van der Waals surface area contributed by atoms with Crippen molar-refractivity contribution >= 4 is 17.4 Å². The van der Waals surface area contributed by atoms with Gasteiger partial charge in [-0.15, -0.1) is 0 Å². The van der Waals surface area contributed by atoms with E-state index in [1.807, 2.05) is 0 Å². The first-order valence-corrected chi connectivity index (χ1v) is 5.15. The fraction of sp³-hybridized carbons (Fsp3) is 0.200. The SMILES string of the molecule is Cc1nc(CNc2nc(C(N)=O)ccc2N)no1. The Kier molecular flexibility index (Phi) is 3.09. The van der Waals surface area contributed by atoms with E-state index in [-0.39, 0.29) is 12.2 Å². The number of aromatic nitrogens is 3. The number of nitrogens with two attached hydrogens (primary N) is 2. The van der Waals surface area contributed by atoms with Gasteiger partial charge in [-0.05, 0) is 12.1 Å². The lowest BCUT2D eigenvalue weighted by molar-refractivity contribution is 0.0996. The second kappa shape index (κ2) is 4.70. The minimum Gasteiger partial charge on any atom is -0.396 e. The average molecular weight is 248 g/mol. The molecule has 94 valence electrons. The van der Waals surface area contributed by atoms with Crippen molar-refractivity contribution in [2.45, 2.75) is 13.5 Å². The number of amides is 1. The number of rotatable bonds is 4. The van der Waals surface area contributed by atoms with Crippen LogP contribution in [0.15, 0.2) is 16.7 Å². The zero-order valence-electron chi connectivity index (χ0n) is 9.67. The molecule has 0 bridgehead atoms. The Bertz CT molecular complexity index is 579. The molecule has 5 N–H and O–H groups in total. The van der Waals surface area contributed by atoms with E-state index in [1.54, 1.807) is 13.0 Å². The smallest absolute Gasteiger partial charge is 0.267 e. The Labute approximate surface area is 102 Å². The highest BCUT2D eigenvalue weighted by atomic mass is 16.5. The van der Waals surface area contributed by atoms with Crippen LogP contribution in [-0.2, 0) is 6.54 Å². The van der Waals surface area contributed by atoms with Crippen molar-refractivity contribution in [3.8, 4) is 0 Å². The first-order chi connectivity index (χ1) is 8.56. The molecule has 0 aliphatic heterocycles. The van der Waals surface area contributed by atoms with Gasteiger partial charge in [-0.1, -0.05) is 5.16 Å². The van der Waals surface area contributed by atoms with E-state index < -0.39 is 5.91 Å². The van der Waals surface area contributed by atoms with Crippen molar-refractivity contribution in [3.63, 3.8) is 0 Å². The van der Waals surface area contributed by atoms with Gasteiger partial charge in [-0.3, -0.25) is 4.79 Å². The number of aryl methyl sites for hydroxylation is 1. The number of pyridine rings is 1. The van der Waals surface area contributed by atoms with Crippen molar-refractivity contribution in [2.24, 2.45) is 5.73 Å². The fourth-order valence-corrected chi connectivity index (χ4v) is 1.32. The van der Waals surface area contributed by atoms with Crippen molar-refractivity contribution in [1.82, 2.24) is 15.1 Å². The molecule has 2 aromatic heterocycles. The maximum Gasteiger partial charge on any atom is 0.267 e. The number of carbonyl (C=O) groups is 1. The van der Waals surface area contributed by atoms with Crippen molar-refractivity contribution < 1.29 is 9.32 Å². The molecule has 2 aromatic rings. The molecular weight excluding hydrogens is 236 g/mol. The summed E-state index contributed by atoms with van der Waals surface area (Å²) in [5.74, 6) is 0.680. The van der Waals surface area contributed by atoms with Gasteiger partial charge in [0.25, 0.3) is 5.91 Å². The van der Waals surface area contributed by atoms with Crippen LogP contribution in [0, 0.1) is 6.92 Å². The largest absolute Gasteiger partial charge is 0.396 e. The Morgan fingerprint density at radius 1 is 1.44 bits per heavy atom. The highest BCUT2D eigenvalue weighted by molar-refractivity contribution is 5.91. The summed E-state index contributed by atoms with van der Waals surface area (Å²) in [6, 6.07) is 3.01. The summed E-state index contributed by atoms with van der Waals surface area (Å²) in [5.41, 5.74) is 11.4. The molecule has 18 heavy (non-hydrogen) atoms. The third-order valence-corrected chi connectivity index (χ3v) is 2.16. The average Bonchev–Trinajstić information content (AvgIpc) is 2.74. The number of primary amides is 1. The molecule has 8 heteroatoms. The lowest BCUT2D eigenvalue weighted by Crippen LogP contribution is -2.15. The second-order valence-electron chi connectivity index (χ2n) is 3.58. The van der Waals surface area contributed by atoms with Crippen LogP contribution in [0.2, 0.25) is 0 Å². The number of nitrogens with one attached hydrogen (secondary N) is 1. The summed E-state index contributed by atoms with van der Waals surface area (Å²) < 4.78 is 4.82. The second-order valence-corrected chi connectivity index (χ2v) is 3.58. The van der Waals surface area contributed by atoms with E-state index in [1.165, 1.54) is 6.07 Å². The van der Waals surface area contributed by atoms with E-state index in [9.17, 15) is 4.79 Å². The van der Waals surface area contributed by atoms with Crippen molar-refractivity contribution in [1.29, 1.82) is 0 Å². The molecule has 2 heterocycles. The minimum atomic E-state index is -0.617. The highest BCUT2D eigenvalue weighted by Gasteiger charge is 2.08. The lowest BCUT2D eigenvalue weighted by atomic mass is 10.3. The monoisotopic (exact) mass is 248 g/mol. The molecule has 2 rings (SSSR count). The quantitative estimate of drug-likeness (QED) is 0.696. The van der Waals surface area contributed by atoms with Gasteiger partial charge < -0.3 is 21.3 Å². The molecule has 0 atom stereocenters. The van der Waals surface area contributed by atoms with Crippen LogP contribution >= 0.6 is 0 Å². The molecule has 0 unspecified atom stereocenters. The summed E-state index contributed by atoms with van der Waals surface area (Å²) in [5, 5.41) is 6.62. The molecule has 0 fully saturated rings. The molecule has 0 aromatic carbocycles. The van der Waals surface area contributed by atoms with E-state index in [2.05, 4.69) is 20.4 Å².